The summed E-state index contributed by atoms with van der Waals surface area (Å²) in [6.45, 7) is 1.85. The van der Waals surface area contributed by atoms with Crippen LogP contribution in [0.1, 0.15) is 12.1 Å². The zero-order valence-electron chi connectivity index (χ0n) is 10.9. The molecule has 0 bridgehead atoms. The molecule has 1 N–H and O–H groups in total. The minimum Gasteiger partial charge on any atom is -0.310 e. The Morgan fingerprint density at radius 3 is 2.89 bits per heavy atom. The summed E-state index contributed by atoms with van der Waals surface area (Å²) in [5, 5.41) is 6.95. The average molecular weight is 303 g/mol. The molecular weight excluding hydrogens is 286 g/mol. The van der Waals surface area contributed by atoms with E-state index in [0.29, 0.717) is 12.2 Å². The van der Waals surface area contributed by atoms with E-state index in [1.165, 1.54) is 11.8 Å². The lowest BCUT2D eigenvalue weighted by Gasteiger charge is -2.08. The van der Waals surface area contributed by atoms with Crippen molar-refractivity contribution in [2.45, 2.75) is 18.6 Å². The lowest BCUT2D eigenvalue weighted by molar-refractivity contribution is -0.113. The van der Waals surface area contributed by atoms with Crippen LogP contribution in [0, 0.1) is 6.92 Å². The summed E-state index contributed by atoms with van der Waals surface area (Å²) >= 11 is 1.41. The summed E-state index contributed by atoms with van der Waals surface area (Å²) in [5.74, 6) is 1.23. The summed E-state index contributed by atoms with van der Waals surface area (Å²) < 4.78 is 24.2. The molecule has 19 heavy (non-hydrogen) atoms. The second kappa shape index (κ2) is 5.54. The highest BCUT2D eigenvalue weighted by atomic mass is 32.2. The predicted molar refractivity (Wildman–Crippen MR) is 76.1 cm³/mol. The number of aryl methyl sites for hydroxylation is 2. The minimum atomic E-state index is -2.87. The fourth-order valence-corrected chi connectivity index (χ4v) is 5.44. The van der Waals surface area contributed by atoms with Gasteiger partial charge in [-0.25, -0.2) is 8.42 Å². The van der Waals surface area contributed by atoms with Crippen molar-refractivity contribution in [3.63, 3.8) is 0 Å². The van der Waals surface area contributed by atoms with Gasteiger partial charge in [0.1, 0.15) is 5.82 Å². The van der Waals surface area contributed by atoms with Gasteiger partial charge in [-0.15, -0.1) is 11.8 Å². The van der Waals surface area contributed by atoms with Crippen LogP contribution in [0.5, 0.6) is 0 Å². The standard InChI is InChI=1S/C11H17N3O3S2/c1-8-5-10(14(2)13-8)12-11(15)6-18-9-3-4-19(16,17)7-9/h5,9H,3-4,6-7H2,1-2H3,(H,12,15). The molecule has 1 saturated heterocycles. The molecular formula is C11H17N3O3S2. The summed E-state index contributed by atoms with van der Waals surface area (Å²) in [7, 11) is -1.11. The molecule has 1 unspecified atom stereocenters. The van der Waals surface area contributed by atoms with Gasteiger partial charge >= 0.3 is 0 Å². The number of hydrogen-bond donors (Lipinski definition) is 1. The highest BCUT2D eigenvalue weighted by Crippen LogP contribution is 2.24. The maximum Gasteiger partial charge on any atom is 0.235 e. The van der Waals surface area contributed by atoms with Gasteiger partial charge in [-0.05, 0) is 13.3 Å². The van der Waals surface area contributed by atoms with E-state index in [0.717, 1.165) is 5.69 Å². The molecule has 1 aliphatic rings. The molecule has 1 aromatic heterocycles. The van der Waals surface area contributed by atoms with Crippen molar-refractivity contribution in [2.75, 3.05) is 22.6 Å². The van der Waals surface area contributed by atoms with Crippen molar-refractivity contribution < 1.29 is 13.2 Å². The van der Waals surface area contributed by atoms with E-state index < -0.39 is 9.84 Å². The molecule has 0 aromatic carbocycles. The molecule has 0 saturated carbocycles. The molecule has 1 amide bonds. The number of rotatable bonds is 4. The highest BCUT2D eigenvalue weighted by molar-refractivity contribution is 8.02. The first kappa shape index (κ1) is 14.4. The molecule has 1 aromatic rings. The van der Waals surface area contributed by atoms with Crippen LogP contribution in [-0.4, -0.2) is 46.6 Å². The minimum absolute atomic E-state index is 0.0454. The van der Waals surface area contributed by atoms with Crippen LogP contribution >= 0.6 is 11.8 Å². The van der Waals surface area contributed by atoms with Crippen molar-refractivity contribution >= 4 is 33.3 Å². The Labute approximate surface area is 116 Å². The van der Waals surface area contributed by atoms with Gasteiger partial charge in [-0.1, -0.05) is 0 Å². The highest BCUT2D eigenvalue weighted by Gasteiger charge is 2.28. The van der Waals surface area contributed by atoms with E-state index in [2.05, 4.69) is 10.4 Å². The fourth-order valence-electron chi connectivity index (χ4n) is 1.99. The summed E-state index contributed by atoms with van der Waals surface area (Å²) in [4.78, 5) is 11.8. The van der Waals surface area contributed by atoms with Gasteiger partial charge < -0.3 is 5.32 Å². The predicted octanol–water partition coefficient (Wildman–Crippen LogP) is 0.587. The average Bonchev–Trinajstić information content (AvgIpc) is 2.79. The van der Waals surface area contributed by atoms with Gasteiger partial charge in [0.25, 0.3) is 0 Å². The number of anilines is 1. The first-order chi connectivity index (χ1) is 8.85. The third kappa shape index (κ3) is 3.97. The second-order valence-corrected chi connectivity index (χ2v) is 8.20. The maximum atomic E-state index is 11.8. The lowest BCUT2D eigenvalue weighted by atomic mass is 10.4. The van der Waals surface area contributed by atoms with Gasteiger partial charge in [0.05, 0.1) is 23.0 Å². The number of aromatic nitrogens is 2. The monoisotopic (exact) mass is 303 g/mol. The molecule has 1 aliphatic heterocycles. The summed E-state index contributed by atoms with van der Waals surface area (Å²) in [6, 6.07) is 1.79. The van der Waals surface area contributed by atoms with Crippen molar-refractivity contribution in [3.05, 3.63) is 11.8 Å². The van der Waals surface area contributed by atoms with E-state index in [9.17, 15) is 13.2 Å². The zero-order valence-corrected chi connectivity index (χ0v) is 12.6. The van der Waals surface area contributed by atoms with Crippen LogP contribution in [-0.2, 0) is 21.7 Å². The van der Waals surface area contributed by atoms with E-state index >= 15 is 0 Å². The van der Waals surface area contributed by atoms with Gasteiger partial charge in [0.15, 0.2) is 9.84 Å². The number of nitrogens with one attached hydrogen (secondary N) is 1. The third-order valence-electron chi connectivity index (χ3n) is 2.91. The van der Waals surface area contributed by atoms with Crippen molar-refractivity contribution in [1.82, 2.24) is 9.78 Å². The van der Waals surface area contributed by atoms with Gasteiger partial charge in [0, 0.05) is 18.4 Å². The summed E-state index contributed by atoms with van der Waals surface area (Å²) in [6.07, 6.45) is 0.644. The van der Waals surface area contributed by atoms with Crippen molar-refractivity contribution in [3.8, 4) is 0 Å². The quantitative estimate of drug-likeness (QED) is 0.880. The number of amides is 1. The molecule has 8 heteroatoms. The molecule has 2 rings (SSSR count). The van der Waals surface area contributed by atoms with E-state index in [1.807, 2.05) is 6.92 Å². The van der Waals surface area contributed by atoms with Crippen LogP contribution in [0.3, 0.4) is 0 Å². The number of thioether (sulfide) groups is 1. The number of hydrogen-bond acceptors (Lipinski definition) is 5. The molecule has 0 aliphatic carbocycles. The van der Waals surface area contributed by atoms with Crippen molar-refractivity contribution in [2.24, 2.45) is 7.05 Å². The topological polar surface area (TPSA) is 81.1 Å². The van der Waals surface area contributed by atoms with Crippen LogP contribution in [0.4, 0.5) is 5.82 Å². The zero-order chi connectivity index (χ0) is 14.0. The van der Waals surface area contributed by atoms with Crippen LogP contribution in [0.25, 0.3) is 0 Å². The Kier molecular flexibility index (Phi) is 4.19. The van der Waals surface area contributed by atoms with Gasteiger partial charge in [0.2, 0.25) is 5.91 Å². The van der Waals surface area contributed by atoms with E-state index in [-0.39, 0.29) is 28.4 Å². The SMILES string of the molecule is Cc1cc(NC(=O)CSC2CCS(=O)(=O)C2)n(C)n1. The third-order valence-corrected chi connectivity index (χ3v) is 6.19. The Morgan fingerprint density at radius 1 is 1.63 bits per heavy atom. The molecule has 2 heterocycles. The molecule has 1 fully saturated rings. The van der Waals surface area contributed by atoms with Gasteiger partial charge in [-0.3, -0.25) is 9.48 Å². The Morgan fingerprint density at radius 2 is 2.37 bits per heavy atom. The maximum absolute atomic E-state index is 11.8. The number of nitrogens with zero attached hydrogens (tertiary/aromatic N) is 2. The normalized spacial score (nSPS) is 21.5. The molecule has 1 atom stereocenters. The molecule has 0 radical (unpaired) electrons. The smallest absolute Gasteiger partial charge is 0.235 e. The van der Waals surface area contributed by atoms with Crippen LogP contribution in [0.15, 0.2) is 6.07 Å². The molecule has 6 nitrogen and oxygen atoms in total. The molecule has 0 spiro atoms. The fraction of sp³-hybridized carbons (Fsp3) is 0.636. The Hall–Kier alpha value is -1.02. The van der Waals surface area contributed by atoms with Crippen LogP contribution in [0.2, 0.25) is 0 Å². The summed E-state index contributed by atoms with van der Waals surface area (Å²) in [5.41, 5.74) is 0.840. The van der Waals surface area contributed by atoms with Crippen molar-refractivity contribution in [1.29, 1.82) is 0 Å². The number of carbonyl (C=O) groups excluding carboxylic acids is 1. The first-order valence-corrected chi connectivity index (χ1v) is 8.85. The van der Waals surface area contributed by atoms with Crippen LogP contribution < -0.4 is 5.32 Å². The van der Waals surface area contributed by atoms with E-state index in [4.69, 9.17) is 0 Å². The largest absolute Gasteiger partial charge is 0.310 e. The lowest BCUT2D eigenvalue weighted by Crippen LogP contribution is -2.18. The Balaban J connectivity index is 1.81. The molecule has 106 valence electrons. The van der Waals surface area contributed by atoms with E-state index in [1.54, 1.807) is 17.8 Å². The number of carbonyl (C=O) groups is 1. The number of sulfone groups is 1. The first-order valence-electron chi connectivity index (χ1n) is 5.98. The van der Waals surface area contributed by atoms with Gasteiger partial charge in [-0.2, -0.15) is 5.10 Å². The second-order valence-electron chi connectivity index (χ2n) is 4.68. The Bertz CT molecular complexity index is 580.